The molecular weight excluding hydrogens is 138 g/mol. The minimum Gasteiger partial charge on any atom is -0.362 e. The van der Waals surface area contributed by atoms with Gasteiger partial charge in [-0.2, -0.15) is 0 Å². The van der Waals surface area contributed by atoms with Crippen LogP contribution in [0.1, 0.15) is 17.0 Å². The number of hydrogen-bond acceptors (Lipinski definition) is 1. The SMILES string of the molecule is Cc1cc(/C=C/C=O)c(C)[nH]1. The molecule has 0 saturated heterocycles. The lowest BCUT2D eigenvalue weighted by Crippen LogP contribution is -1.73. The third-order valence-electron chi connectivity index (χ3n) is 1.54. The Bertz CT molecular complexity index is 284. The molecular formula is C9H11NO. The summed E-state index contributed by atoms with van der Waals surface area (Å²) >= 11 is 0. The lowest BCUT2D eigenvalue weighted by Gasteiger charge is -1.85. The van der Waals surface area contributed by atoms with E-state index in [1.54, 1.807) is 6.08 Å². The molecule has 2 heteroatoms. The summed E-state index contributed by atoms with van der Waals surface area (Å²) in [5.41, 5.74) is 3.29. The summed E-state index contributed by atoms with van der Waals surface area (Å²) in [5, 5.41) is 0. The van der Waals surface area contributed by atoms with Crippen LogP contribution in [0.15, 0.2) is 12.1 Å². The number of aryl methyl sites for hydroxylation is 2. The minimum absolute atomic E-state index is 0.780. The van der Waals surface area contributed by atoms with E-state index in [1.165, 1.54) is 6.08 Å². The second-order valence-electron chi connectivity index (χ2n) is 2.53. The predicted molar refractivity (Wildman–Crippen MR) is 45.4 cm³/mol. The molecule has 0 amide bonds. The molecule has 1 N–H and O–H groups in total. The van der Waals surface area contributed by atoms with Crippen LogP contribution < -0.4 is 0 Å². The monoisotopic (exact) mass is 149 g/mol. The molecule has 1 heterocycles. The second-order valence-corrected chi connectivity index (χ2v) is 2.53. The highest BCUT2D eigenvalue weighted by Crippen LogP contribution is 2.10. The molecule has 2 nitrogen and oxygen atoms in total. The summed E-state index contributed by atoms with van der Waals surface area (Å²) in [4.78, 5) is 13.1. The van der Waals surface area contributed by atoms with Crippen molar-refractivity contribution in [3.63, 3.8) is 0 Å². The van der Waals surface area contributed by atoms with E-state index < -0.39 is 0 Å². The van der Waals surface area contributed by atoms with Gasteiger partial charge in [-0.05, 0) is 37.6 Å². The standard InChI is InChI=1S/C9H11NO/c1-7-6-9(4-3-5-11)8(2)10-7/h3-6,10H,1-2H3/b4-3+. The fourth-order valence-corrected chi connectivity index (χ4v) is 1.06. The lowest BCUT2D eigenvalue weighted by molar-refractivity contribution is -0.104. The Morgan fingerprint density at radius 1 is 1.45 bits per heavy atom. The van der Waals surface area contributed by atoms with E-state index in [0.717, 1.165) is 23.2 Å². The molecule has 0 atom stereocenters. The normalized spacial score (nSPS) is 10.7. The largest absolute Gasteiger partial charge is 0.362 e. The fourth-order valence-electron chi connectivity index (χ4n) is 1.06. The quantitative estimate of drug-likeness (QED) is 0.505. The highest BCUT2D eigenvalue weighted by atomic mass is 16.1. The second kappa shape index (κ2) is 3.19. The Morgan fingerprint density at radius 2 is 2.18 bits per heavy atom. The molecule has 0 unspecified atom stereocenters. The van der Waals surface area contributed by atoms with Crippen molar-refractivity contribution in [2.75, 3.05) is 0 Å². The van der Waals surface area contributed by atoms with Crippen molar-refractivity contribution < 1.29 is 4.79 Å². The van der Waals surface area contributed by atoms with Gasteiger partial charge < -0.3 is 4.98 Å². The van der Waals surface area contributed by atoms with Crippen LogP contribution in [0.3, 0.4) is 0 Å². The highest BCUT2D eigenvalue weighted by Gasteiger charge is 1.95. The number of carbonyl (C=O) groups excluding carboxylic acids is 1. The Hall–Kier alpha value is -1.31. The topological polar surface area (TPSA) is 32.9 Å². The van der Waals surface area contributed by atoms with Gasteiger partial charge in [0.1, 0.15) is 6.29 Å². The molecule has 0 fully saturated rings. The Balaban J connectivity index is 2.93. The van der Waals surface area contributed by atoms with Crippen LogP contribution in [0.4, 0.5) is 0 Å². The van der Waals surface area contributed by atoms with E-state index in [1.807, 2.05) is 19.9 Å². The number of H-pyrrole nitrogens is 1. The van der Waals surface area contributed by atoms with Gasteiger partial charge in [0.2, 0.25) is 0 Å². The minimum atomic E-state index is 0.780. The summed E-state index contributed by atoms with van der Waals surface area (Å²) in [7, 11) is 0. The number of rotatable bonds is 2. The van der Waals surface area contributed by atoms with Gasteiger partial charge in [-0.15, -0.1) is 0 Å². The van der Waals surface area contributed by atoms with E-state index in [-0.39, 0.29) is 0 Å². The number of aldehydes is 1. The fraction of sp³-hybridized carbons (Fsp3) is 0.222. The van der Waals surface area contributed by atoms with Crippen LogP contribution in [0, 0.1) is 13.8 Å². The van der Waals surface area contributed by atoms with Gasteiger partial charge >= 0.3 is 0 Å². The maximum absolute atomic E-state index is 10.00. The molecule has 1 aromatic heterocycles. The first kappa shape index (κ1) is 7.79. The molecule has 0 aliphatic heterocycles. The number of carbonyl (C=O) groups is 1. The molecule has 58 valence electrons. The first-order chi connectivity index (χ1) is 5.24. The van der Waals surface area contributed by atoms with Crippen LogP contribution in [-0.4, -0.2) is 11.3 Å². The Labute approximate surface area is 65.9 Å². The lowest BCUT2D eigenvalue weighted by atomic mass is 10.2. The van der Waals surface area contributed by atoms with Gasteiger partial charge in [-0.3, -0.25) is 4.79 Å². The van der Waals surface area contributed by atoms with Crippen LogP contribution in [-0.2, 0) is 4.79 Å². The maximum atomic E-state index is 10.00. The summed E-state index contributed by atoms with van der Waals surface area (Å²) in [6.07, 6.45) is 4.07. The number of allylic oxidation sites excluding steroid dienone is 1. The molecule has 0 aliphatic rings. The summed E-state index contributed by atoms with van der Waals surface area (Å²) in [5.74, 6) is 0. The van der Waals surface area contributed by atoms with Gasteiger partial charge in [-0.1, -0.05) is 0 Å². The van der Waals surface area contributed by atoms with Crippen molar-refractivity contribution in [2.45, 2.75) is 13.8 Å². The van der Waals surface area contributed by atoms with Crippen LogP contribution in [0.25, 0.3) is 6.08 Å². The summed E-state index contributed by atoms with van der Waals surface area (Å²) in [6.45, 7) is 3.97. The van der Waals surface area contributed by atoms with Gasteiger partial charge in [0, 0.05) is 11.4 Å². The zero-order valence-electron chi connectivity index (χ0n) is 6.72. The zero-order valence-corrected chi connectivity index (χ0v) is 6.72. The molecule has 0 aliphatic carbocycles. The van der Waals surface area contributed by atoms with Crippen molar-refractivity contribution in [3.05, 3.63) is 29.1 Å². The first-order valence-electron chi connectivity index (χ1n) is 3.52. The van der Waals surface area contributed by atoms with E-state index in [2.05, 4.69) is 4.98 Å². The van der Waals surface area contributed by atoms with Crippen molar-refractivity contribution >= 4 is 12.4 Å². The predicted octanol–water partition coefficient (Wildman–Crippen LogP) is 1.84. The average Bonchev–Trinajstić information content (AvgIpc) is 2.26. The smallest absolute Gasteiger partial charge is 0.142 e. The van der Waals surface area contributed by atoms with Crippen molar-refractivity contribution in [2.24, 2.45) is 0 Å². The molecule has 11 heavy (non-hydrogen) atoms. The van der Waals surface area contributed by atoms with Crippen molar-refractivity contribution in [1.29, 1.82) is 0 Å². The summed E-state index contributed by atoms with van der Waals surface area (Å²) < 4.78 is 0. The van der Waals surface area contributed by atoms with Gasteiger partial charge in [-0.25, -0.2) is 0 Å². The molecule has 0 aromatic carbocycles. The number of hydrogen-bond donors (Lipinski definition) is 1. The van der Waals surface area contributed by atoms with E-state index in [4.69, 9.17) is 0 Å². The highest BCUT2D eigenvalue weighted by molar-refractivity contribution is 5.74. The molecule has 0 bridgehead atoms. The molecule has 1 rings (SSSR count). The van der Waals surface area contributed by atoms with Crippen molar-refractivity contribution in [3.8, 4) is 0 Å². The zero-order chi connectivity index (χ0) is 8.27. The van der Waals surface area contributed by atoms with Crippen molar-refractivity contribution in [1.82, 2.24) is 4.98 Å². The van der Waals surface area contributed by atoms with E-state index >= 15 is 0 Å². The first-order valence-corrected chi connectivity index (χ1v) is 3.52. The van der Waals surface area contributed by atoms with Crippen LogP contribution in [0.2, 0.25) is 0 Å². The maximum Gasteiger partial charge on any atom is 0.142 e. The summed E-state index contributed by atoms with van der Waals surface area (Å²) in [6, 6.07) is 2.01. The third kappa shape index (κ3) is 1.80. The Kier molecular flexibility index (Phi) is 2.26. The van der Waals surface area contributed by atoms with Gasteiger partial charge in [0.05, 0.1) is 0 Å². The van der Waals surface area contributed by atoms with Gasteiger partial charge in [0.25, 0.3) is 0 Å². The van der Waals surface area contributed by atoms with Crippen LogP contribution in [0.5, 0.6) is 0 Å². The Morgan fingerprint density at radius 3 is 2.64 bits per heavy atom. The number of nitrogens with one attached hydrogen (secondary N) is 1. The number of aromatic nitrogens is 1. The molecule has 0 spiro atoms. The average molecular weight is 149 g/mol. The van der Waals surface area contributed by atoms with E-state index in [9.17, 15) is 4.79 Å². The third-order valence-corrected chi connectivity index (χ3v) is 1.54. The molecule has 0 saturated carbocycles. The van der Waals surface area contributed by atoms with E-state index in [0.29, 0.717) is 0 Å². The molecule has 1 aromatic rings. The van der Waals surface area contributed by atoms with Gasteiger partial charge in [0.15, 0.2) is 0 Å². The number of aromatic amines is 1. The van der Waals surface area contributed by atoms with Crippen LogP contribution >= 0.6 is 0 Å². The molecule has 0 radical (unpaired) electrons.